The average Bonchev–Trinajstić information content (AvgIpc) is 3.01. The number of hydrogen-bond acceptors (Lipinski definition) is 11. The van der Waals surface area contributed by atoms with Gasteiger partial charge in [-0.25, -0.2) is 0 Å². The molecule has 1 fully saturated rings. The standard InChI is InChI=1S/C30H44O11/c1-15(2)27(35)41-23-17(4)13-21(38-18(5)31)25(39-19(6)32)28(8,9)12-11-16(3)24(34)30(37)14-29(10,36)26(22(23)30)40-20(7)33/h11-13,15-16,21-23,25-26,36-37H,14H2,1-10H3. The van der Waals surface area contributed by atoms with Crippen LogP contribution in [-0.2, 0) is 42.9 Å². The van der Waals surface area contributed by atoms with Gasteiger partial charge >= 0.3 is 23.9 Å². The molecular formula is C30H44O11. The number of allylic oxidation sites excluding steroid dienone is 1. The summed E-state index contributed by atoms with van der Waals surface area (Å²) in [6.07, 6.45) is -1.07. The zero-order valence-corrected chi connectivity index (χ0v) is 25.5. The summed E-state index contributed by atoms with van der Waals surface area (Å²) >= 11 is 0. The summed E-state index contributed by atoms with van der Waals surface area (Å²) in [5.74, 6) is -6.49. The van der Waals surface area contributed by atoms with E-state index in [1.165, 1.54) is 39.8 Å². The Balaban J connectivity index is 2.98. The number of carbonyl (C=O) groups excluding carboxylic acids is 5. The van der Waals surface area contributed by atoms with Crippen molar-refractivity contribution in [2.24, 2.45) is 23.2 Å². The van der Waals surface area contributed by atoms with Crippen LogP contribution in [0.2, 0.25) is 0 Å². The molecule has 1 saturated carbocycles. The van der Waals surface area contributed by atoms with Crippen molar-refractivity contribution in [1.29, 1.82) is 0 Å². The fourth-order valence-corrected chi connectivity index (χ4v) is 5.67. The van der Waals surface area contributed by atoms with Crippen LogP contribution in [0.3, 0.4) is 0 Å². The first-order valence-corrected chi connectivity index (χ1v) is 13.7. The summed E-state index contributed by atoms with van der Waals surface area (Å²) in [5.41, 5.74) is -4.98. The van der Waals surface area contributed by atoms with Crippen molar-refractivity contribution < 1.29 is 53.1 Å². The van der Waals surface area contributed by atoms with Gasteiger partial charge < -0.3 is 29.2 Å². The van der Waals surface area contributed by atoms with Gasteiger partial charge in [0.25, 0.3) is 0 Å². The summed E-state index contributed by atoms with van der Waals surface area (Å²) < 4.78 is 22.6. The van der Waals surface area contributed by atoms with Crippen LogP contribution in [0.5, 0.6) is 0 Å². The lowest BCUT2D eigenvalue weighted by molar-refractivity contribution is -0.178. The Kier molecular flexibility index (Phi) is 10.4. The molecule has 8 unspecified atom stereocenters. The molecule has 0 saturated heterocycles. The SMILES string of the molecule is CC(=O)OC1C=C(C)C(OC(=O)C(C)C)C2C(OC(C)=O)C(C)(O)CC2(O)C(=O)C(C)C=CC(C)(C)C1OC(C)=O. The molecule has 230 valence electrons. The summed E-state index contributed by atoms with van der Waals surface area (Å²) in [7, 11) is 0. The van der Waals surface area contributed by atoms with Crippen LogP contribution < -0.4 is 0 Å². The monoisotopic (exact) mass is 580 g/mol. The van der Waals surface area contributed by atoms with Gasteiger partial charge in [-0.2, -0.15) is 0 Å². The Labute approximate surface area is 241 Å². The zero-order chi connectivity index (χ0) is 31.7. The van der Waals surface area contributed by atoms with Gasteiger partial charge in [0.15, 0.2) is 18.0 Å². The van der Waals surface area contributed by atoms with Crippen LogP contribution in [-0.4, -0.2) is 75.5 Å². The van der Waals surface area contributed by atoms with Crippen LogP contribution in [0.1, 0.15) is 75.7 Å². The maximum Gasteiger partial charge on any atom is 0.308 e. The molecule has 0 radical (unpaired) electrons. The van der Waals surface area contributed by atoms with Crippen molar-refractivity contribution in [3.8, 4) is 0 Å². The van der Waals surface area contributed by atoms with Gasteiger partial charge in [-0.3, -0.25) is 24.0 Å². The molecule has 11 nitrogen and oxygen atoms in total. The molecule has 0 bridgehead atoms. The van der Waals surface area contributed by atoms with E-state index in [1.807, 2.05) is 0 Å². The van der Waals surface area contributed by atoms with E-state index >= 15 is 0 Å². The topological polar surface area (TPSA) is 163 Å². The molecule has 2 N–H and O–H groups in total. The summed E-state index contributed by atoms with van der Waals surface area (Å²) in [6.45, 7) is 14.6. The number of aliphatic hydroxyl groups is 2. The maximum absolute atomic E-state index is 14.0. The molecule has 2 rings (SSSR count). The van der Waals surface area contributed by atoms with Crippen molar-refractivity contribution in [3.05, 3.63) is 23.8 Å². The second kappa shape index (κ2) is 12.4. The Morgan fingerprint density at radius 2 is 1.41 bits per heavy atom. The Morgan fingerprint density at radius 3 is 1.90 bits per heavy atom. The molecule has 2 aliphatic carbocycles. The molecule has 0 amide bonds. The molecule has 41 heavy (non-hydrogen) atoms. The lowest BCUT2D eigenvalue weighted by Crippen LogP contribution is -2.54. The molecule has 8 atom stereocenters. The molecule has 0 aromatic rings. The fraction of sp³-hybridized carbons (Fsp3) is 0.700. The predicted octanol–water partition coefficient (Wildman–Crippen LogP) is 2.60. The lowest BCUT2D eigenvalue weighted by atomic mass is 9.74. The molecule has 2 aliphatic rings. The van der Waals surface area contributed by atoms with Gasteiger partial charge in [-0.05, 0) is 25.5 Å². The van der Waals surface area contributed by atoms with E-state index in [-0.39, 0.29) is 5.57 Å². The van der Waals surface area contributed by atoms with Gasteiger partial charge in [-0.15, -0.1) is 0 Å². The third-order valence-corrected chi connectivity index (χ3v) is 7.61. The number of rotatable bonds is 5. The molecule has 0 aromatic carbocycles. The number of esters is 4. The van der Waals surface area contributed by atoms with E-state index in [1.54, 1.807) is 40.7 Å². The predicted molar refractivity (Wildman–Crippen MR) is 146 cm³/mol. The van der Waals surface area contributed by atoms with Gasteiger partial charge in [0.1, 0.15) is 23.4 Å². The molecule has 11 heteroatoms. The molecule has 0 heterocycles. The molecule has 0 aliphatic heterocycles. The maximum atomic E-state index is 14.0. The molecule has 0 aromatic heterocycles. The van der Waals surface area contributed by atoms with Crippen LogP contribution >= 0.6 is 0 Å². The van der Waals surface area contributed by atoms with E-state index in [0.29, 0.717) is 0 Å². The van der Waals surface area contributed by atoms with Gasteiger partial charge in [-0.1, -0.05) is 46.8 Å². The largest absolute Gasteiger partial charge is 0.459 e. The highest BCUT2D eigenvalue weighted by Crippen LogP contribution is 2.50. The van der Waals surface area contributed by atoms with Crippen molar-refractivity contribution >= 4 is 29.7 Å². The van der Waals surface area contributed by atoms with Crippen molar-refractivity contribution in [3.63, 3.8) is 0 Å². The average molecular weight is 581 g/mol. The number of fused-ring (bicyclic) bond motifs is 1. The zero-order valence-electron chi connectivity index (χ0n) is 25.5. The highest BCUT2D eigenvalue weighted by atomic mass is 16.6. The van der Waals surface area contributed by atoms with Gasteiger partial charge in [0.05, 0.1) is 11.8 Å². The number of ether oxygens (including phenoxy) is 4. The van der Waals surface area contributed by atoms with Gasteiger partial charge in [0.2, 0.25) is 0 Å². The minimum atomic E-state index is -2.31. The first-order valence-electron chi connectivity index (χ1n) is 13.7. The number of hydrogen-bond donors (Lipinski definition) is 2. The normalized spacial score (nSPS) is 35.3. The van der Waals surface area contributed by atoms with Crippen molar-refractivity contribution in [1.82, 2.24) is 0 Å². The van der Waals surface area contributed by atoms with Crippen molar-refractivity contribution in [2.75, 3.05) is 0 Å². The van der Waals surface area contributed by atoms with Gasteiger partial charge in [0, 0.05) is 38.5 Å². The fourth-order valence-electron chi connectivity index (χ4n) is 5.67. The number of ketones is 1. The quantitative estimate of drug-likeness (QED) is 0.279. The first-order chi connectivity index (χ1) is 18.6. The van der Waals surface area contributed by atoms with Crippen LogP contribution in [0, 0.1) is 23.2 Å². The van der Waals surface area contributed by atoms with Crippen molar-refractivity contribution in [2.45, 2.75) is 111 Å². The second-order valence-electron chi connectivity index (χ2n) is 12.4. The third-order valence-electron chi connectivity index (χ3n) is 7.61. The highest BCUT2D eigenvalue weighted by Gasteiger charge is 2.67. The molecular weight excluding hydrogens is 536 g/mol. The number of carbonyl (C=O) groups is 5. The third kappa shape index (κ3) is 7.62. The van der Waals surface area contributed by atoms with Crippen LogP contribution in [0.25, 0.3) is 0 Å². The summed E-state index contributed by atoms with van der Waals surface area (Å²) in [4.78, 5) is 63.5. The van der Waals surface area contributed by atoms with E-state index in [0.717, 1.165) is 6.92 Å². The Hall–Kier alpha value is -3.05. The van der Waals surface area contributed by atoms with E-state index in [2.05, 4.69) is 0 Å². The lowest BCUT2D eigenvalue weighted by Gasteiger charge is -2.40. The van der Waals surface area contributed by atoms with Crippen LogP contribution in [0.15, 0.2) is 23.8 Å². The van der Waals surface area contributed by atoms with E-state index < -0.39 is 94.9 Å². The smallest absolute Gasteiger partial charge is 0.308 e. The number of Topliss-reactive ketones (excluding diaryl/α,β-unsaturated/α-hetero) is 1. The van der Waals surface area contributed by atoms with Crippen LogP contribution in [0.4, 0.5) is 0 Å². The Morgan fingerprint density at radius 1 is 0.902 bits per heavy atom. The summed E-state index contributed by atoms with van der Waals surface area (Å²) in [5, 5.41) is 23.5. The highest BCUT2D eigenvalue weighted by molar-refractivity contribution is 5.92. The van der Waals surface area contributed by atoms with E-state index in [4.69, 9.17) is 18.9 Å². The van der Waals surface area contributed by atoms with E-state index in [9.17, 15) is 34.2 Å². The summed E-state index contributed by atoms with van der Waals surface area (Å²) in [6, 6.07) is 0. The second-order valence-corrected chi connectivity index (χ2v) is 12.4. The minimum absolute atomic E-state index is 0.210. The minimum Gasteiger partial charge on any atom is -0.459 e. The first kappa shape index (κ1) is 34.2. The molecule has 0 spiro atoms. The Bertz CT molecular complexity index is 1120.